The van der Waals surface area contributed by atoms with Crippen LogP contribution in [0.15, 0.2) is 42.5 Å². The Morgan fingerprint density at radius 2 is 1.76 bits per heavy atom. The molecule has 1 aliphatic rings. The molecule has 2 aromatic rings. The summed E-state index contributed by atoms with van der Waals surface area (Å²) in [4.78, 5) is 0. The maximum absolute atomic E-state index is 6.66. The van der Waals surface area contributed by atoms with Gasteiger partial charge in [0.15, 0.2) is 0 Å². The fraction of sp³-hybridized carbons (Fsp3) is 0.474. The average Bonchev–Trinajstić information content (AvgIpc) is 2.55. The van der Waals surface area contributed by atoms with E-state index in [1.807, 2.05) is 0 Å². The van der Waals surface area contributed by atoms with Crippen molar-refractivity contribution < 1.29 is 4.74 Å². The molecular formula is C19H25NO. The second kappa shape index (κ2) is 6.17. The topological polar surface area (TPSA) is 35.2 Å². The molecule has 0 aliphatic heterocycles. The second-order valence-electron chi connectivity index (χ2n) is 6.14. The molecule has 0 bridgehead atoms. The lowest BCUT2D eigenvalue weighted by atomic mass is 9.76. The van der Waals surface area contributed by atoms with E-state index in [9.17, 15) is 0 Å². The fourth-order valence-electron chi connectivity index (χ4n) is 3.69. The molecule has 2 nitrogen and oxygen atoms in total. The van der Waals surface area contributed by atoms with Gasteiger partial charge in [-0.2, -0.15) is 0 Å². The molecule has 0 spiro atoms. The Hall–Kier alpha value is -1.38. The van der Waals surface area contributed by atoms with Gasteiger partial charge in [0.2, 0.25) is 0 Å². The van der Waals surface area contributed by atoms with Gasteiger partial charge in [-0.1, -0.05) is 55.7 Å². The van der Waals surface area contributed by atoms with Crippen LogP contribution in [0, 0.1) is 0 Å². The summed E-state index contributed by atoms with van der Waals surface area (Å²) in [7, 11) is 0. The van der Waals surface area contributed by atoms with Crippen LogP contribution in [0.2, 0.25) is 0 Å². The first kappa shape index (κ1) is 14.6. The van der Waals surface area contributed by atoms with E-state index in [4.69, 9.17) is 10.5 Å². The van der Waals surface area contributed by atoms with Crippen molar-refractivity contribution in [2.75, 3.05) is 6.61 Å². The molecule has 1 saturated carbocycles. The first-order chi connectivity index (χ1) is 10.2. The quantitative estimate of drug-likeness (QED) is 0.891. The normalized spacial score (nSPS) is 19.5. The minimum absolute atomic E-state index is 0.0395. The average molecular weight is 283 g/mol. The molecule has 1 aliphatic carbocycles. The van der Waals surface area contributed by atoms with Crippen molar-refractivity contribution in [3.8, 4) is 0 Å². The van der Waals surface area contributed by atoms with Crippen LogP contribution >= 0.6 is 0 Å². The maximum atomic E-state index is 6.66. The first-order valence-corrected chi connectivity index (χ1v) is 8.13. The lowest BCUT2D eigenvalue weighted by molar-refractivity contribution is -0.0830. The lowest BCUT2D eigenvalue weighted by Gasteiger charge is -2.42. The number of fused-ring (bicyclic) bond motifs is 1. The van der Waals surface area contributed by atoms with Crippen molar-refractivity contribution in [3.05, 3.63) is 48.0 Å². The largest absolute Gasteiger partial charge is 0.373 e. The van der Waals surface area contributed by atoms with Crippen LogP contribution in [-0.2, 0) is 4.74 Å². The summed E-state index contributed by atoms with van der Waals surface area (Å²) in [6.45, 7) is 2.81. The van der Waals surface area contributed by atoms with E-state index in [-0.39, 0.29) is 11.6 Å². The summed E-state index contributed by atoms with van der Waals surface area (Å²) in [6.07, 6.45) is 5.91. The third kappa shape index (κ3) is 2.83. The molecule has 0 heterocycles. The summed E-state index contributed by atoms with van der Waals surface area (Å²) in [5, 5.41) is 2.52. The fourth-order valence-corrected chi connectivity index (χ4v) is 3.69. The molecule has 2 heteroatoms. The molecule has 0 saturated heterocycles. The molecule has 1 unspecified atom stereocenters. The van der Waals surface area contributed by atoms with Crippen molar-refractivity contribution in [2.24, 2.45) is 5.73 Å². The van der Waals surface area contributed by atoms with Crippen LogP contribution in [0.25, 0.3) is 10.8 Å². The molecule has 2 N–H and O–H groups in total. The van der Waals surface area contributed by atoms with Gasteiger partial charge in [0.1, 0.15) is 0 Å². The zero-order valence-electron chi connectivity index (χ0n) is 12.8. The molecule has 112 valence electrons. The Balaban J connectivity index is 1.95. The second-order valence-corrected chi connectivity index (χ2v) is 6.14. The van der Waals surface area contributed by atoms with Gasteiger partial charge >= 0.3 is 0 Å². The molecule has 0 aromatic heterocycles. The van der Waals surface area contributed by atoms with Crippen LogP contribution in [0.5, 0.6) is 0 Å². The van der Waals surface area contributed by atoms with Crippen molar-refractivity contribution in [1.29, 1.82) is 0 Å². The van der Waals surface area contributed by atoms with Crippen molar-refractivity contribution in [2.45, 2.75) is 50.7 Å². The number of ether oxygens (including phenoxy) is 1. The van der Waals surface area contributed by atoms with Gasteiger partial charge in [-0.05, 0) is 42.2 Å². The smallest absolute Gasteiger partial charge is 0.0874 e. The summed E-state index contributed by atoms with van der Waals surface area (Å²) in [5.74, 6) is 0. The van der Waals surface area contributed by atoms with Gasteiger partial charge in [0.25, 0.3) is 0 Å². The van der Waals surface area contributed by atoms with Crippen LogP contribution < -0.4 is 5.73 Å². The lowest BCUT2D eigenvalue weighted by Crippen LogP contribution is -2.45. The highest BCUT2D eigenvalue weighted by atomic mass is 16.5. The molecule has 3 rings (SSSR count). The summed E-state index contributed by atoms with van der Waals surface area (Å²) >= 11 is 0. The van der Waals surface area contributed by atoms with Gasteiger partial charge in [0.05, 0.1) is 11.6 Å². The maximum Gasteiger partial charge on any atom is 0.0874 e. The third-order valence-corrected chi connectivity index (χ3v) is 4.83. The van der Waals surface area contributed by atoms with Crippen molar-refractivity contribution >= 4 is 10.8 Å². The third-order valence-electron chi connectivity index (χ3n) is 4.83. The highest BCUT2D eigenvalue weighted by Gasteiger charge is 2.39. The van der Waals surface area contributed by atoms with Gasteiger partial charge in [-0.3, -0.25) is 0 Å². The van der Waals surface area contributed by atoms with E-state index in [0.29, 0.717) is 0 Å². The molecule has 2 aromatic carbocycles. The highest BCUT2D eigenvalue weighted by Crippen LogP contribution is 2.40. The molecule has 1 atom stereocenters. The summed E-state index contributed by atoms with van der Waals surface area (Å²) in [6, 6.07) is 15.0. The number of nitrogens with two attached hydrogens (primary N) is 1. The van der Waals surface area contributed by atoms with Crippen LogP contribution in [-0.4, -0.2) is 12.2 Å². The van der Waals surface area contributed by atoms with Crippen LogP contribution in [0.1, 0.15) is 50.6 Å². The van der Waals surface area contributed by atoms with Gasteiger partial charge < -0.3 is 10.5 Å². The molecule has 0 radical (unpaired) electrons. The Kier molecular flexibility index (Phi) is 4.27. The van der Waals surface area contributed by atoms with Crippen molar-refractivity contribution in [3.63, 3.8) is 0 Å². The van der Waals surface area contributed by atoms with E-state index in [1.54, 1.807) is 0 Å². The van der Waals surface area contributed by atoms with E-state index in [2.05, 4.69) is 49.4 Å². The van der Waals surface area contributed by atoms with Crippen LogP contribution in [0.3, 0.4) is 0 Å². The Bertz CT molecular complexity index is 596. The summed E-state index contributed by atoms with van der Waals surface area (Å²) in [5.41, 5.74) is 7.68. The highest BCUT2D eigenvalue weighted by molar-refractivity contribution is 5.83. The number of rotatable bonds is 4. The Morgan fingerprint density at radius 3 is 2.48 bits per heavy atom. The number of benzene rings is 2. The minimum Gasteiger partial charge on any atom is -0.373 e. The Labute approximate surface area is 127 Å². The standard InChI is InChI=1S/C19H25NO/c1-2-21-19(12-6-3-7-13-19)18(20)17-11-10-15-8-4-5-9-16(15)14-17/h4-5,8-11,14,18H,2-3,6-7,12-13,20H2,1H3. The zero-order valence-corrected chi connectivity index (χ0v) is 12.8. The first-order valence-electron chi connectivity index (χ1n) is 8.13. The van der Waals surface area contributed by atoms with Gasteiger partial charge in [0, 0.05) is 6.61 Å². The Morgan fingerprint density at radius 1 is 1.05 bits per heavy atom. The van der Waals surface area contributed by atoms with Crippen LogP contribution in [0.4, 0.5) is 0 Å². The SMILES string of the molecule is CCOC1(C(N)c2ccc3ccccc3c2)CCCCC1. The predicted octanol–water partition coefficient (Wildman–Crippen LogP) is 4.58. The number of hydrogen-bond acceptors (Lipinski definition) is 2. The monoisotopic (exact) mass is 283 g/mol. The summed E-state index contributed by atoms with van der Waals surface area (Å²) < 4.78 is 6.17. The molecular weight excluding hydrogens is 258 g/mol. The minimum atomic E-state index is -0.171. The zero-order chi connectivity index (χ0) is 14.7. The van der Waals surface area contributed by atoms with E-state index >= 15 is 0 Å². The molecule has 1 fully saturated rings. The number of hydrogen-bond donors (Lipinski definition) is 1. The van der Waals surface area contributed by atoms with Crippen molar-refractivity contribution in [1.82, 2.24) is 0 Å². The van der Waals surface area contributed by atoms with E-state index in [1.165, 1.54) is 35.6 Å². The van der Waals surface area contributed by atoms with Gasteiger partial charge in [-0.15, -0.1) is 0 Å². The van der Waals surface area contributed by atoms with E-state index in [0.717, 1.165) is 19.4 Å². The molecule has 21 heavy (non-hydrogen) atoms. The molecule has 0 amide bonds. The van der Waals surface area contributed by atoms with E-state index < -0.39 is 0 Å². The predicted molar refractivity (Wildman–Crippen MR) is 88.3 cm³/mol. The van der Waals surface area contributed by atoms with Gasteiger partial charge in [-0.25, -0.2) is 0 Å².